The minimum Gasteiger partial charge on any atom is -0.307 e. The molecule has 3 rings (SSSR count). The molecule has 1 N–H and O–H groups in total. The number of amides is 1. The molecule has 0 spiro atoms. The third-order valence-corrected chi connectivity index (χ3v) is 3.65. The molecule has 0 radical (unpaired) electrons. The van der Waals surface area contributed by atoms with Gasteiger partial charge in [-0.2, -0.15) is 0 Å². The number of carbonyl (C=O) groups excluding carboxylic acids is 1. The first kappa shape index (κ1) is 17.9. The van der Waals surface area contributed by atoms with Gasteiger partial charge >= 0.3 is 0 Å². The highest BCUT2D eigenvalue weighted by atomic mass is 35.5. The van der Waals surface area contributed by atoms with E-state index in [1.54, 1.807) is 30.6 Å². The number of anilines is 1. The predicted molar refractivity (Wildman–Crippen MR) is 98.9 cm³/mol. The van der Waals surface area contributed by atoms with Crippen molar-refractivity contribution in [2.45, 2.75) is 6.92 Å². The number of pyridine rings is 2. The first-order valence-electron chi connectivity index (χ1n) is 7.08. The van der Waals surface area contributed by atoms with E-state index in [-0.39, 0.29) is 18.3 Å². The lowest BCUT2D eigenvalue weighted by molar-refractivity contribution is 0.102. The summed E-state index contributed by atoms with van der Waals surface area (Å²) in [5.74, 6) is 0.269. The first-order chi connectivity index (χ1) is 11.1. The average molecular weight is 360 g/mol. The van der Waals surface area contributed by atoms with E-state index in [9.17, 15) is 4.79 Å². The molecular formula is C18H15Cl2N3O. The molecule has 0 aliphatic carbocycles. The van der Waals surface area contributed by atoms with Crippen LogP contribution in [0.4, 0.5) is 5.82 Å². The Kier molecular flexibility index (Phi) is 5.90. The van der Waals surface area contributed by atoms with Crippen molar-refractivity contribution in [2.24, 2.45) is 0 Å². The van der Waals surface area contributed by atoms with Crippen molar-refractivity contribution >= 4 is 35.7 Å². The number of aromatic nitrogens is 2. The lowest BCUT2D eigenvalue weighted by atomic mass is 10.1. The number of halogens is 2. The number of rotatable bonds is 3. The number of nitrogens with one attached hydrogen (secondary N) is 1. The zero-order valence-corrected chi connectivity index (χ0v) is 14.4. The molecule has 0 fully saturated rings. The molecule has 122 valence electrons. The Morgan fingerprint density at radius 3 is 2.62 bits per heavy atom. The summed E-state index contributed by atoms with van der Waals surface area (Å²) in [7, 11) is 0. The van der Waals surface area contributed by atoms with E-state index in [0.29, 0.717) is 16.4 Å². The molecule has 0 aliphatic rings. The fraction of sp³-hybridized carbons (Fsp3) is 0.0556. The Bertz CT molecular complexity index is 854. The SMILES string of the molecule is Cc1cccc(NC(=O)c2ccc(-c3cccnc3)c(Cl)c2)n1.Cl. The maximum atomic E-state index is 12.3. The highest BCUT2D eigenvalue weighted by molar-refractivity contribution is 6.33. The minimum absolute atomic E-state index is 0. The number of hydrogen-bond acceptors (Lipinski definition) is 3. The highest BCUT2D eigenvalue weighted by Crippen LogP contribution is 2.28. The Morgan fingerprint density at radius 1 is 1.12 bits per heavy atom. The zero-order chi connectivity index (χ0) is 16.2. The molecule has 2 aromatic heterocycles. The second-order valence-electron chi connectivity index (χ2n) is 5.05. The largest absolute Gasteiger partial charge is 0.307 e. The summed E-state index contributed by atoms with van der Waals surface area (Å²) in [6, 6.07) is 14.4. The van der Waals surface area contributed by atoms with Crippen molar-refractivity contribution in [3.05, 3.63) is 77.2 Å². The van der Waals surface area contributed by atoms with E-state index in [1.807, 2.05) is 37.3 Å². The number of aryl methyl sites for hydroxylation is 1. The van der Waals surface area contributed by atoms with Gasteiger partial charge in [-0.05, 0) is 37.3 Å². The molecule has 1 amide bonds. The van der Waals surface area contributed by atoms with Crippen LogP contribution in [0.2, 0.25) is 5.02 Å². The van der Waals surface area contributed by atoms with Gasteiger partial charge in [0.05, 0.1) is 0 Å². The van der Waals surface area contributed by atoms with E-state index >= 15 is 0 Å². The van der Waals surface area contributed by atoms with Gasteiger partial charge in [-0.25, -0.2) is 4.98 Å². The van der Waals surface area contributed by atoms with Crippen LogP contribution < -0.4 is 5.32 Å². The smallest absolute Gasteiger partial charge is 0.256 e. The Labute approximate surface area is 151 Å². The average Bonchev–Trinajstić information content (AvgIpc) is 2.55. The topological polar surface area (TPSA) is 54.9 Å². The van der Waals surface area contributed by atoms with Crippen molar-refractivity contribution in [1.29, 1.82) is 0 Å². The molecule has 6 heteroatoms. The quantitative estimate of drug-likeness (QED) is 0.731. The summed E-state index contributed by atoms with van der Waals surface area (Å²) >= 11 is 6.31. The molecule has 0 unspecified atom stereocenters. The molecule has 0 aliphatic heterocycles. The van der Waals surface area contributed by atoms with Crippen LogP contribution in [0.15, 0.2) is 60.9 Å². The lowest BCUT2D eigenvalue weighted by Gasteiger charge is -2.08. The molecule has 0 saturated carbocycles. The normalized spacial score (nSPS) is 9.92. The van der Waals surface area contributed by atoms with Crippen molar-refractivity contribution in [3.8, 4) is 11.1 Å². The van der Waals surface area contributed by atoms with Gasteiger partial charge in [-0.3, -0.25) is 9.78 Å². The zero-order valence-electron chi connectivity index (χ0n) is 12.9. The summed E-state index contributed by atoms with van der Waals surface area (Å²) in [6.45, 7) is 1.87. The fourth-order valence-corrected chi connectivity index (χ4v) is 2.50. The molecule has 0 bridgehead atoms. The second-order valence-corrected chi connectivity index (χ2v) is 5.46. The van der Waals surface area contributed by atoms with Gasteiger partial charge in [0.1, 0.15) is 5.82 Å². The monoisotopic (exact) mass is 359 g/mol. The van der Waals surface area contributed by atoms with Gasteiger partial charge < -0.3 is 5.32 Å². The highest BCUT2D eigenvalue weighted by Gasteiger charge is 2.11. The molecule has 3 aromatic rings. The third-order valence-electron chi connectivity index (χ3n) is 3.33. The van der Waals surface area contributed by atoms with Crippen molar-refractivity contribution < 1.29 is 4.79 Å². The van der Waals surface area contributed by atoms with Crippen molar-refractivity contribution in [2.75, 3.05) is 5.32 Å². The fourth-order valence-electron chi connectivity index (χ4n) is 2.21. The first-order valence-corrected chi connectivity index (χ1v) is 7.46. The minimum atomic E-state index is -0.247. The van der Waals surface area contributed by atoms with Gasteiger partial charge in [0, 0.05) is 39.8 Å². The number of hydrogen-bond donors (Lipinski definition) is 1. The maximum Gasteiger partial charge on any atom is 0.256 e. The summed E-state index contributed by atoms with van der Waals surface area (Å²) < 4.78 is 0. The van der Waals surface area contributed by atoms with Crippen LogP contribution in [0, 0.1) is 6.92 Å². The second kappa shape index (κ2) is 7.90. The maximum absolute atomic E-state index is 12.3. The summed E-state index contributed by atoms with van der Waals surface area (Å²) in [5, 5.41) is 3.27. The Hall–Kier alpha value is -2.43. The summed E-state index contributed by atoms with van der Waals surface area (Å²) in [5.41, 5.74) is 3.06. The van der Waals surface area contributed by atoms with Crippen molar-refractivity contribution in [3.63, 3.8) is 0 Å². The number of nitrogens with zero attached hydrogens (tertiary/aromatic N) is 2. The standard InChI is InChI=1S/C18H14ClN3O.ClH/c1-12-4-2-6-17(21-12)22-18(23)13-7-8-15(16(19)10-13)14-5-3-9-20-11-14;/h2-11H,1H3,(H,21,22,23);1H. The van der Waals surface area contributed by atoms with E-state index in [1.165, 1.54) is 0 Å². The Morgan fingerprint density at radius 2 is 1.96 bits per heavy atom. The van der Waals surface area contributed by atoms with E-state index in [0.717, 1.165) is 16.8 Å². The number of carbonyl (C=O) groups is 1. The molecule has 1 aromatic carbocycles. The molecule has 0 atom stereocenters. The van der Waals surface area contributed by atoms with Crippen LogP contribution in [-0.2, 0) is 0 Å². The molecular weight excluding hydrogens is 345 g/mol. The molecule has 4 nitrogen and oxygen atoms in total. The van der Waals surface area contributed by atoms with Gasteiger partial charge in [-0.15, -0.1) is 12.4 Å². The van der Waals surface area contributed by atoms with Crippen LogP contribution in [0.25, 0.3) is 11.1 Å². The van der Waals surface area contributed by atoms with Gasteiger partial charge in [0.15, 0.2) is 0 Å². The lowest BCUT2D eigenvalue weighted by Crippen LogP contribution is -2.13. The van der Waals surface area contributed by atoms with Crippen LogP contribution in [0.3, 0.4) is 0 Å². The van der Waals surface area contributed by atoms with E-state index < -0.39 is 0 Å². The van der Waals surface area contributed by atoms with Gasteiger partial charge in [-0.1, -0.05) is 29.8 Å². The van der Waals surface area contributed by atoms with Crippen LogP contribution >= 0.6 is 24.0 Å². The third kappa shape index (κ3) is 4.10. The summed E-state index contributed by atoms with van der Waals surface area (Å²) in [6.07, 6.45) is 3.44. The molecule has 2 heterocycles. The molecule has 0 saturated heterocycles. The van der Waals surface area contributed by atoms with E-state index in [4.69, 9.17) is 11.6 Å². The Balaban J connectivity index is 0.00000208. The van der Waals surface area contributed by atoms with Gasteiger partial charge in [0.25, 0.3) is 5.91 Å². The van der Waals surface area contributed by atoms with E-state index in [2.05, 4.69) is 15.3 Å². The summed E-state index contributed by atoms with van der Waals surface area (Å²) in [4.78, 5) is 20.6. The van der Waals surface area contributed by atoms with Crippen molar-refractivity contribution in [1.82, 2.24) is 9.97 Å². The van der Waals surface area contributed by atoms with Gasteiger partial charge in [0.2, 0.25) is 0 Å². The van der Waals surface area contributed by atoms with Crippen LogP contribution in [0.5, 0.6) is 0 Å². The van der Waals surface area contributed by atoms with Crippen LogP contribution in [0.1, 0.15) is 16.1 Å². The molecule has 24 heavy (non-hydrogen) atoms. The van der Waals surface area contributed by atoms with Crippen LogP contribution in [-0.4, -0.2) is 15.9 Å². The number of benzene rings is 1. The predicted octanol–water partition coefficient (Wildman–Crippen LogP) is 4.78.